The van der Waals surface area contributed by atoms with Gasteiger partial charge in [-0.05, 0) is 19.3 Å². The summed E-state index contributed by atoms with van der Waals surface area (Å²) in [6, 6.07) is 0. The lowest BCUT2D eigenvalue weighted by Gasteiger charge is -2.22. The molecule has 0 aromatic rings. The fraction of sp³-hybridized carbons (Fsp3) is 0.714. The van der Waals surface area contributed by atoms with Crippen molar-refractivity contribution < 1.29 is 23.1 Å². The summed E-state index contributed by atoms with van der Waals surface area (Å²) in [4.78, 5) is 25.2. The minimum absolute atomic E-state index is 0.0630. The van der Waals surface area contributed by atoms with E-state index in [9.17, 15) is 23.1 Å². The Morgan fingerprint density at radius 1 is 1.32 bits per heavy atom. The summed E-state index contributed by atoms with van der Waals surface area (Å²) in [5, 5.41) is 9.26. The van der Waals surface area contributed by atoms with Gasteiger partial charge in [-0.15, -0.1) is 0 Å². The topological polar surface area (TPSA) is 95.0 Å². The van der Waals surface area contributed by atoms with Crippen LogP contribution in [0, 0.1) is 5.92 Å². The molecule has 1 fully saturated rings. The summed E-state index contributed by atoms with van der Waals surface area (Å²) in [6.07, 6.45) is 6.40. The van der Waals surface area contributed by atoms with E-state index in [0.29, 0.717) is 6.42 Å². The molecule has 2 aliphatic rings. The highest BCUT2D eigenvalue weighted by atomic mass is 32.2. The van der Waals surface area contributed by atoms with Crippen LogP contribution in [0.4, 0.5) is 0 Å². The normalized spacial score (nSPS) is 24.0. The van der Waals surface area contributed by atoms with Gasteiger partial charge in [-0.1, -0.05) is 11.6 Å². The minimum Gasteiger partial charge on any atom is -0.481 e. The molecule has 1 saturated heterocycles. The first-order chi connectivity index (χ1) is 10.3. The standard InChI is InChI=1S/C14H22N2O5S/c1-22(20,21)16-7-6-15(9-12(10-16)14(18)19)13(17)8-11-4-2-3-5-11/h4,12H,2-3,5-10H2,1H3,(H,18,19). The molecule has 8 heteroatoms. The fourth-order valence-corrected chi connectivity index (χ4v) is 3.74. The average molecular weight is 330 g/mol. The van der Waals surface area contributed by atoms with Crippen molar-refractivity contribution in [3.8, 4) is 0 Å². The highest BCUT2D eigenvalue weighted by molar-refractivity contribution is 7.88. The number of carboxylic acid groups (broad SMARTS) is 1. The van der Waals surface area contributed by atoms with Gasteiger partial charge in [0.1, 0.15) is 0 Å². The number of allylic oxidation sites excluding steroid dienone is 1. The predicted octanol–water partition coefficient (Wildman–Crippen LogP) is 0.291. The van der Waals surface area contributed by atoms with Crippen molar-refractivity contribution in [2.24, 2.45) is 5.92 Å². The first kappa shape index (κ1) is 17.0. The molecule has 0 aromatic heterocycles. The number of amides is 1. The first-order valence-corrected chi connectivity index (χ1v) is 9.26. The van der Waals surface area contributed by atoms with Gasteiger partial charge in [0.15, 0.2) is 0 Å². The zero-order valence-electron chi connectivity index (χ0n) is 12.7. The molecular formula is C14H22N2O5S. The molecular weight excluding hydrogens is 308 g/mol. The van der Waals surface area contributed by atoms with E-state index in [1.54, 1.807) is 0 Å². The lowest BCUT2D eigenvalue weighted by Crippen LogP contribution is -2.38. The van der Waals surface area contributed by atoms with Crippen LogP contribution >= 0.6 is 0 Å². The molecule has 1 aliphatic heterocycles. The summed E-state index contributed by atoms with van der Waals surface area (Å²) in [7, 11) is -3.47. The molecule has 1 aliphatic carbocycles. The number of aliphatic carboxylic acids is 1. The molecule has 1 amide bonds. The maximum absolute atomic E-state index is 12.4. The molecule has 0 aromatic carbocycles. The highest BCUT2D eigenvalue weighted by Crippen LogP contribution is 2.22. The Morgan fingerprint density at radius 3 is 2.59 bits per heavy atom. The van der Waals surface area contributed by atoms with Crippen molar-refractivity contribution >= 4 is 21.9 Å². The van der Waals surface area contributed by atoms with E-state index in [1.807, 2.05) is 0 Å². The molecule has 1 N–H and O–H groups in total. The van der Waals surface area contributed by atoms with Crippen molar-refractivity contribution in [2.75, 3.05) is 32.4 Å². The Hall–Kier alpha value is -1.41. The number of carbonyl (C=O) groups is 2. The number of hydrogen-bond donors (Lipinski definition) is 1. The third-order valence-corrected chi connectivity index (χ3v) is 5.44. The van der Waals surface area contributed by atoms with Crippen molar-refractivity contribution in [3.63, 3.8) is 0 Å². The van der Waals surface area contributed by atoms with Gasteiger partial charge < -0.3 is 10.0 Å². The lowest BCUT2D eigenvalue weighted by atomic mass is 10.1. The second-order valence-electron chi connectivity index (χ2n) is 5.93. The van der Waals surface area contributed by atoms with E-state index >= 15 is 0 Å². The van der Waals surface area contributed by atoms with Crippen LogP contribution in [-0.2, 0) is 19.6 Å². The SMILES string of the molecule is CS(=O)(=O)N1CCN(C(=O)CC2=CCCC2)CC(C(=O)O)C1. The Balaban J connectivity index is 2.08. The summed E-state index contributed by atoms with van der Waals surface area (Å²) in [5.74, 6) is -2.08. The summed E-state index contributed by atoms with van der Waals surface area (Å²) >= 11 is 0. The number of nitrogens with zero attached hydrogens (tertiary/aromatic N) is 2. The monoisotopic (exact) mass is 330 g/mol. The Labute approximate surface area is 130 Å². The van der Waals surface area contributed by atoms with Crippen molar-refractivity contribution in [2.45, 2.75) is 25.7 Å². The Bertz CT molecular complexity index is 584. The van der Waals surface area contributed by atoms with Crippen LogP contribution in [0.1, 0.15) is 25.7 Å². The molecule has 1 atom stereocenters. The van der Waals surface area contributed by atoms with E-state index in [-0.39, 0.29) is 32.1 Å². The molecule has 0 bridgehead atoms. The Kier molecular flexibility index (Phi) is 5.23. The summed E-state index contributed by atoms with van der Waals surface area (Å²) in [6.45, 7) is 0.366. The number of rotatable bonds is 4. The van der Waals surface area contributed by atoms with Crippen LogP contribution in [-0.4, -0.2) is 67.0 Å². The van der Waals surface area contributed by atoms with Gasteiger partial charge in [-0.2, -0.15) is 4.31 Å². The molecule has 124 valence electrons. The largest absolute Gasteiger partial charge is 0.481 e. The summed E-state index contributed by atoms with van der Waals surface area (Å²) < 4.78 is 24.5. The lowest BCUT2D eigenvalue weighted by molar-refractivity contribution is -0.143. The van der Waals surface area contributed by atoms with Crippen LogP contribution in [0.3, 0.4) is 0 Å². The quantitative estimate of drug-likeness (QED) is 0.748. The van der Waals surface area contributed by atoms with Gasteiger partial charge in [0.2, 0.25) is 15.9 Å². The number of carboxylic acids is 1. The average Bonchev–Trinajstić information content (AvgIpc) is 2.79. The second kappa shape index (κ2) is 6.78. The maximum Gasteiger partial charge on any atom is 0.309 e. The van der Waals surface area contributed by atoms with E-state index < -0.39 is 21.9 Å². The van der Waals surface area contributed by atoms with E-state index in [1.165, 1.54) is 4.90 Å². The molecule has 1 heterocycles. The van der Waals surface area contributed by atoms with Crippen LogP contribution < -0.4 is 0 Å². The highest BCUT2D eigenvalue weighted by Gasteiger charge is 2.33. The number of carbonyl (C=O) groups excluding carboxylic acids is 1. The molecule has 0 radical (unpaired) electrons. The zero-order chi connectivity index (χ0) is 16.3. The third-order valence-electron chi connectivity index (χ3n) is 4.17. The van der Waals surface area contributed by atoms with E-state index in [0.717, 1.165) is 35.4 Å². The van der Waals surface area contributed by atoms with Gasteiger partial charge in [-0.3, -0.25) is 9.59 Å². The number of sulfonamides is 1. The first-order valence-electron chi connectivity index (χ1n) is 7.41. The molecule has 0 saturated carbocycles. The fourth-order valence-electron chi connectivity index (χ4n) is 2.87. The maximum atomic E-state index is 12.4. The van der Waals surface area contributed by atoms with Crippen LogP contribution in [0.25, 0.3) is 0 Å². The molecule has 1 unspecified atom stereocenters. The van der Waals surface area contributed by atoms with Crippen molar-refractivity contribution in [1.82, 2.24) is 9.21 Å². The van der Waals surface area contributed by atoms with Crippen LogP contribution in [0.5, 0.6) is 0 Å². The van der Waals surface area contributed by atoms with Crippen molar-refractivity contribution in [3.05, 3.63) is 11.6 Å². The molecule has 22 heavy (non-hydrogen) atoms. The predicted molar refractivity (Wildman–Crippen MR) is 80.7 cm³/mol. The smallest absolute Gasteiger partial charge is 0.309 e. The molecule has 7 nitrogen and oxygen atoms in total. The van der Waals surface area contributed by atoms with Gasteiger partial charge in [0.05, 0.1) is 12.2 Å². The van der Waals surface area contributed by atoms with Gasteiger partial charge >= 0.3 is 5.97 Å². The Morgan fingerprint density at radius 2 is 2.05 bits per heavy atom. The zero-order valence-corrected chi connectivity index (χ0v) is 13.5. The molecule has 0 spiro atoms. The van der Waals surface area contributed by atoms with Crippen LogP contribution in [0.2, 0.25) is 0 Å². The van der Waals surface area contributed by atoms with Gasteiger partial charge in [-0.25, -0.2) is 8.42 Å². The van der Waals surface area contributed by atoms with Crippen LogP contribution in [0.15, 0.2) is 11.6 Å². The van der Waals surface area contributed by atoms with Crippen molar-refractivity contribution in [1.29, 1.82) is 0 Å². The second-order valence-corrected chi connectivity index (χ2v) is 7.91. The molecule has 2 rings (SSSR count). The third kappa shape index (κ3) is 4.30. The van der Waals surface area contributed by atoms with Gasteiger partial charge in [0, 0.05) is 32.6 Å². The minimum atomic E-state index is -3.47. The number of hydrogen-bond acceptors (Lipinski definition) is 4. The van der Waals surface area contributed by atoms with Gasteiger partial charge in [0.25, 0.3) is 0 Å². The van der Waals surface area contributed by atoms with E-state index in [4.69, 9.17) is 0 Å². The summed E-state index contributed by atoms with van der Waals surface area (Å²) in [5.41, 5.74) is 1.10. The van der Waals surface area contributed by atoms with E-state index in [2.05, 4.69) is 6.08 Å².